The van der Waals surface area contributed by atoms with E-state index in [1.165, 1.54) is 7.11 Å². The summed E-state index contributed by atoms with van der Waals surface area (Å²) >= 11 is 0. The van der Waals surface area contributed by atoms with Crippen molar-refractivity contribution in [2.75, 3.05) is 27.4 Å². The highest BCUT2D eigenvalue weighted by molar-refractivity contribution is 5.89. The maximum atomic E-state index is 12.6. The summed E-state index contributed by atoms with van der Waals surface area (Å²) < 4.78 is 16.2. The van der Waals surface area contributed by atoms with Crippen molar-refractivity contribution in [3.05, 3.63) is 35.4 Å². The highest BCUT2D eigenvalue weighted by Crippen LogP contribution is 2.70. The molecule has 5 atom stereocenters. The van der Waals surface area contributed by atoms with Crippen LogP contribution in [-0.4, -0.2) is 45.4 Å². The van der Waals surface area contributed by atoms with Gasteiger partial charge in [0.2, 0.25) is 5.91 Å². The summed E-state index contributed by atoms with van der Waals surface area (Å²) in [5, 5.41) is 3.39. The van der Waals surface area contributed by atoms with Gasteiger partial charge in [0.05, 0.1) is 25.4 Å². The average Bonchev–Trinajstić information content (AvgIpc) is 3.24. The highest BCUT2D eigenvalue weighted by atomic mass is 16.5. The minimum absolute atomic E-state index is 0.00933. The molecule has 6 nitrogen and oxygen atoms in total. The molecule has 0 radical (unpaired) electrons. The SMILES string of the molecule is COCCC(=O)N[C@H]1C(C)(C)[C@@H]2C[C@@H]3[C@@H](c4ccc(C(=O)OC)cc4)OCCC31C2. The smallest absolute Gasteiger partial charge is 0.337 e. The zero-order chi connectivity index (χ0) is 21.5. The molecule has 1 N–H and O–H groups in total. The molecule has 1 aromatic carbocycles. The van der Waals surface area contributed by atoms with Crippen LogP contribution in [0.2, 0.25) is 0 Å². The number of nitrogens with one attached hydrogen (secondary N) is 1. The van der Waals surface area contributed by atoms with Gasteiger partial charge in [0, 0.05) is 26.2 Å². The minimum Gasteiger partial charge on any atom is -0.465 e. The molecule has 1 amide bonds. The van der Waals surface area contributed by atoms with Gasteiger partial charge in [0.25, 0.3) is 0 Å². The van der Waals surface area contributed by atoms with Crippen LogP contribution in [0.5, 0.6) is 0 Å². The first kappa shape index (κ1) is 21.3. The number of ether oxygens (including phenoxy) is 3. The van der Waals surface area contributed by atoms with Gasteiger partial charge in [0.15, 0.2) is 0 Å². The standard InChI is InChI=1S/C24H33NO5/c1-23(2)17-13-18-20(15-5-7-16(8-6-15)21(27)29-4)30-12-10-24(18,14-17)22(23)25-19(26)9-11-28-3/h5-8,17-18,20,22H,9-14H2,1-4H3,(H,25,26)/t17-,18-,20-,22+,24?/m1/s1. The highest BCUT2D eigenvalue weighted by Gasteiger charge is 2.68. The van der Waals surface area contributed by atoms with Crippen molar-refractivity contribution < 1.29 is 23.8 Å². The largest absolute Gasteiger partial charge is 0.465 e. The van der Waals surface area contributed by atoms with Crippen molar-refractivity contribution in [3.8, 4) is 0 Å². The number of hydrogen-bond acceptors (Lipinski definition) is 5. The molecule has 1 heterocycles. The van der Waals surface area contributed by atoms with E-state index >= 15 is 0 Å². The quantitative estimate of drug-likeness (QED) is 0.720. The van der Waals surface area contributed by atoms with Crippen molar-refractivity contribution in [3.63, 3.8) is 0 Å². The summed E-state index contributed by atoms with van der Waals surface area (Å²) in [6.45, 7) is 5.74. The van der Waals surface area contributed by atoms with Crippen LogP contribution < -0.4 is 5.32 Å². The number of carbonyl (C=O) groups is 2. The van der Waals surface area contributed by atoms with Crippen molar-refractivity contribution in [2.45, 2.75) is 51.7 Å². The van der Waals surface area contributed by atoms with Crippen LogP contribution in [0.4, 0.5) is 0 Å². The summed E-state index contributed by atoms with van der Waals surface area (Å²) in [5.41, 5.74) is 1.77. The van der Waals surface area contributed by atoms with Gasteiger partial charge in [-0.1, -0.05) is 26.0 Å². The Balaban J connectivity index is 1.59. The molecule has 1 saturated heterocycles. The molecule has 2 aliphatic carbocycles. The lowest BCUT2D eigenvalue weighted by atomic mass is 9.59. The Morgan fingerprint density at radius 2 is 1.93 bits per heavy atom. The molecule has 0 aromatic heterocycles. The van der Waals surface area contributed by atoms with Crippen molar-refractivity contribution in [2.24, 2.45) is 22.7 Å². The van der Waals surface area contributed by atoms with Crippen LogP contribution in [-0.2, 0) is 19.0 Å². The number of amides is 1. The molecule has 1 unspecified atom stereocenters. The summed E-state index contributed by atoms with van der Waals surface area (Å²) in [7, 11) is 3.01. The lowest BCUT2D eigenvalue weighted by molar-refractivity contribution is -0.137. The third-order valence-electron chi connectivity index (χ3n) is 8.00. The van der Waals surface area contributed by atoms with Gasteiger partial charge in [0.1, 0.15) is 0 Å². The maximum absolute atomic E-state index is 12.6. The fourth-order valence-electron chi connectivity index (χ4n) is 6.47. The maximum Gasteiger partial charge on any atom is 0.337 e. The third kappa shape index (κ3) is 3.34. The van der Waals surface area contributed by atoms with E-state index in [0.29, 0.717) is 37.0 Å². The molecular formula is C24H33NO5. The van der Waals surface area contributed by atoms with Crippen LogP contribution in [0.25, 0.3) is 0 Å². The molecule has 30 heavy (non-hydrogen) atoms. The van der Waals surface area contributed by atoms with Gasteiger partial charge in [-0.15, -0.1) is 0 Å². The number of hydrogen-bond donors (Lipinski definition) is 1. The Morgan fingerprint density at radius 3 is 2.60 bits per heavy atom. The van der Waals surface area contributed by atoms with E-state index in [1.807, 2.05) is 24.3 Å². The molecular weight excluding hydrogens is 382 g/mol. The lowest BCUT2D eigenvalue weighted by Crippen LogP contribution is -2.59. The van der Waals surface area contributed by atoms with Gasteiger partial charge in [-0.05, 0) is 59.6 Å². The fraction of sp³-hybridized carbons (Fsp3) is 0.667. The van der Waals surface area contributed by atoms with Gasteiger partial charge in [-0.25, -0.2) is 4.79 Å². The monoisotopic (exact) mass is 415 g/mol. The molecule has 1 spiro atoms. The van der Waals surface area contributed by atoms with Crippen molar-refractivity contribution in [1.82, 2.24) is 5.32 Å². The molecule has 1 aromatic rings. The predicted octanol–water partition coefficient (Wildman–Crippen LogP) is 3.51. The summed E-state index contributed by atoms with van der Waals surface area (Å²) in [6, 6.07) is 7.73. The molecule has 6 heteroatoms. The van der Waals surface area contributed by atoms with Gasteiger partial charge in [-0.2, -0.15) is 0 Å². The van der Waals surface area contributed by atoms with Gasteiger partial charge in [-0.3, -0.25) is 4.79 Å². The van der Waals surface area contributed by atoms with Crippen LogP contribution in [0.3, 0.4) is 0 Å². The van der Waals surface area contributed by atoms with Crippen LogP contribution in [0.15, 0.2) is 24.3 Å². The third-order valence-corrected chi connectivity index (χ3v) is 8.00. The fourth-order valence-corrected chi connectivity index (χ4v) is 6.47. The lowest BCUT2D eigenvalue weighted by Gasteiger charge is -2.53. The van der Waals surface area contributed by atoms with Crippen molar-refractivity contribution >= 4 is 11.9 Å². The Bertz CT molecular complexity index is 804. The molecule has 1 aliphatic heterocycles. The van der Waals surface area contributed by atoms with E-state index in [1.54, 1.807) is 7.11 Å². The van der Waals surface area contributed by atoms with Crippen LogP contribution in [0.1, 0.15) is 61.6 Å². The molecule has 164 valence electrons. The molecule has 2 saturated carbocycles. The predicted molar refractivity (Wildman–Crippen MR) is 112 cm³/mol. The van der Waals surface area contributed by atoms with E-state index in [4.69, 9.17) is 14.2 Å². The molecule has 3 aliphatic rings. The minimum atomic E-state index is -0.330. The van der Waals surface area contributed by atoms with Crippen molar-refractivity contribution in [1.29, 1.82) is 0 Å². The molecule has 3 fully saturated rings. The van der Waals surface area contributed by atoms with Gasteiger partial charge < -0.3 is 19.5 Å². The number of fused-ring (bicyclic) bond motifs is 1. The van der Waals surface area contributed by atoms with Crippen LogP contribution >= 0.6 is 0 Å². The van der Waals surface area contributed by atoms with E-state index in [-0.39, 0.29) is 34.9 Å². The second-order valence-corrected chi connectivity index (χ2v) is 9.70. The first-order valence-corrected chi connectivity index (χ1v) is 10.9. The Morgan fingerprint density at radius 1 is 1.20 bits per heavy atom. The first-order valence-electron chi connectivity index (χ1n) is 10.9. The topological polar surface area (TPSA) is 73.9 Å². The normalized spacial score (nSPS) is 33.7. The Labute approximate surface area is 178 Å². The number of benzene rings is 1. The van der Waals surface area contributed by atoms with E-state index in [9.17, 15) is 9.59 Å². The summed E-state index contributed by atoms with van der Waals surface area (Å²) in [5.74, 6) is 0.666. The Hall–Kier alpha value is -1.92. The van der Waals surface area contributed by atoms with E-state index in [2.05, 4.69) is 19.2 Å². The van der Waals surface area contributed by atoms with Crippen LogP contribution in [0, 0.1) is 22.7 Å². The second-order valence-electron chi connectivity index (χ2n) is 9.70. The van der Waals surface area contributed by atoms with Gasteiger partial charge >= 0.3 is 5.97 Å². The number of esters is 1. The summed E-state index contributed by atoms with van der Waals surface area (Å²) in [6.07, 6.45) is 3.61. The molecule has 4 rings (SSSR count). The molecule has 2 bridgehead atoms. The van der Waals surface area contributed by atoms with E-state index in [0.717, 1.165) is 24.8 Å². The zero-order valence-corrected chi connectivity index (χ0v) is 18.4. The number of carbonyl (C=O) groups excluding carboxylic acids is 2. The summed E-state index contributed by atoms with van der Waals surface area (Å²) in [4.78, 5) is 24.4. The average molecular weight is 416 g/mol. The zero-order valence-electron chi connectivity index (χ0n) is 18.4. The van der Waals surface area contributed by atoms with E-state index < -0.39 is 0 Å². The number of rotatable bonds is 6. The number of methoxy groups -OCH3 is 2. The second kappa shape index (κ2) is 7.97. The first-order chi connectivity index (χ1) is 14.3. The Kier molecular flexibility index (Phi) is 5.66.